The Morgan fingerprint density at radius 3 is 2.63 bits per heavy atom. The molecule has 1 heterocycles. The fraction of sp³-hybridized carbons (Fsp3) is 0.538. The maximum absolute atomic E-state index is 11.9. The number of hydrogen-bond acceptors (Lipinski definition) is 3. The fourth-order valence-corrected chi connectivity index (χ4v) is 2.71. The normalized spacial score (nSPS) is 13.8. The van der Waals surface area contributed by atoms with Gasteiger partial charge in [0.1, 0.15) is 4.88 Å². The molecule has 0 radical (unpaired) electrons. The van der Waals surface area contributed by atoms with Gasteiger partial charge in [-0.15, -0.1) is 11.3 Å². The minimum atomic E-state index is -0.776. The number of aliphatic carboxylic acids is 1. The van der Waals surface area contributed by atoms with Gasteiger partial charge in [0.15, 0.2) is 0 Å². The first-order chi connectivity index (χ1) is 8.91. The minimum absolute atomic E-state index is 0.00617. The smallest absolute Gasteiger partial charge is 0.306 e. The number of carboxylic acid groups (broad SMARTS) is 1. The molecule has 0 aliphatic heterocycles. The highest BCUT2D eigenvalue weighted by Crippen LogP contribution is 2.22. The number of carbonyl (C=O) groups is 2. The first kappa shape index (κ1) is 16.0. The van der Waals surface area contributed by atoms with Crippen LogP contribution in [0.4, 0.5) is 0 Å². The second-order valence-corrected chi connectivity index (χ2v) is 5.97. The predicted molar refractivity (Wildman–Crippen MR) is 76.9 cm³/mol. The molecule has 0 bridgehead atoms. The number of halogens is 1. The fourth-order valence-electron chi connectivity index (χ4n) is 1.67. The lowest BCUT2D eigenvalue weighted by Crippen LogP contribution is -2.32. The van der Waals surface area contributed by atoms with Gasteiger partial charge in [-0.3, -0.25) is 9.59 Å². The van der Waals surface area contributed by atoms with Crippen molar-refractivity contribution in [2.24, 2.45) is 5.92 Å². The third-order valence-corrected chi connectivity index (χ3v) is 4.24. The molecule has 1 aromatic rings. The number of rotatable bonds is 7. The molecule has 0 fully saturated rings. The molecule has 4 nitrogen and oxygen atoms in total. The summed E-state index contributed by atoms with van der Waals surface area (Å²) in [6.07, 6.45) is 2.15. The molecule has 2 N–H and O–H groups in total. The highest BCUT2D eigenvalue weighted by atomic mass is 35.5. The Morgan fingerprint density at radius 2 is 2.11 bits per heavy atom. The summed E-state index contributed by atoms with van der Waals surface area (Å²) in [6, 6.07) is 1.70. The zero-order valence-corrected chi connectivity index (χ0v) is 12.6. The third-order valence-electron chi connectivity index (χ3n) is 2.90. The van der Waals surface area contributed by atoms with Crippen molar-refractivity contribution in [1.82, 2.24) is 5.32 Å². The van der Waals surface area contributed by atoms with Crippen LogP contribution < -0.4 is 5.32 Å². The van der Waals surface area contributed by atoms with Crippen LogP contribution in [0.25, 0.3) is 0 Å². The lowest BCUT2D eigenvalue weighted by Gasteiger charge is -2.14. The van der Waals surface area contributed by atoms with Gasteiger partial charge < -0.3 is 10.4 Å². The molecule has 0 spiro atoms. The van der Waals surface area contributed by atoms with Crippen molar-refractivity contribution in [2.45, 2.75) is 39.2 Å². The molecule has 0 aromatic carbocycles. The van der Waals surface area contributed by atoms with Gasteiger partial charge in [-0.1, -0.05) is 24.9 Å². The zero-order valence-electron chi connectivity index (χ0n) is 11.0. The number of nitrogens with one attached hydrogen (secondary N) is 1. The Morgan fingerprint density at radius 1 is 1.42 bits per heavy atom. The summed E-state index contributed by atoms with van der Waals surface area (Å²) in [5, 5.41) is 13.9. The lowest BCUT2D eigenvalue weighted by molar-refractivity contribution is -0.141. The van der Waals surface area contributed by atoms with Crippen LogP contribution in [0.5, 0.6) is 0 Å². The summed E-state index contributed by atoms with van der Waals surface area (Å²) in [4.78, 5) is 23.0. The van der Waals surface area contributed by atoms with Gasteiger partial charge in [0.2, 0.25) is 0 Å². The second kappa shape index (κ2) is 7.50. The van der Waals surface area contributed by atoms with Gasteiger partial charge >= 0.3 is 5.97 Å². The molecule has 2 unspecified atom stereocenters. The van der Waals surface area contributed by atoms with Crippen LogP contribution in [-0.2, 0) is 4.79 Å². The number of hydrogen-bond donors (Lipinski definition) is 2. The van der Waals surface area contributed by atoms with Crippen LogP contribution in [0.15, 0.2) is 11.4 Å². The molecule has 0 saturated heterocycles. The Labute approximate surface area is 121 Å². The van der Waals surface area contributed by atoms with E-state index in [1.165, 1.54) is 11.3 Å². The molecular weight excluding hydrogens is 286 g/mol. The van der Waals surface area contributed by atoms with Crippen molar-refractivity contribution in [3.05, 3.63) is 21.3 Å². The highest BCUT2D eigenvalue weighted by molar-refractivity contribution is 7.12. The van der Waals surface area contributed by atoms with Crippen molar-refractivity contribution in [3.63, 3.8) is 0 Å². The average molecular weight is 304 g/mol. The van der Waals surface area contributed by atoms with Gasteiger partial charge in [-0.05, 0) is 31.2 Å². The summed E-state index contributed by atoms with van der Waals surface area (Å²) >= 11 is 7.19. The molecule has 1 rings (SSSR count). The summed E-state index contributed by atoms with van der Waals surface area (Å²) in [6.45, 7) is 3.60. The standard InChI is InChI=1S/C13H18ClNO3S/c1-8(13(17)18)4-3-5-9(2)15-12(16)11-10(14)6-7-19-11/h6-9H,3-5H2,1-2H3,(H,15,16)(H,17,18). The summed E-state index contributed by atoms with van der Waals surface area (Å²) in [7, 11) is 0. The van der Waals surface area contributed by atoms with Crippen molar-refractivity contribution in [1.29, 1.82) is 0 Å². The number of carbonyl (C=O) groups excluding carboxylic acids is 1. The van der Waals surface area contributed by atoms with Crippen LogP contribution in [-0.4, -0.2) is 23.0 Å². The van der Waals surface area contributed by atoms with Crippen LogP contribution >= 0.6 is 22.9 Å². The van der Waals surface area contributed by atoms with Crippen molar-refractivity contribution in [2.75, 3.05) is 0 Å². The number of carboxylic acids is 1. The Hall–Kier alpha value is -1.07. The van der Waals surface area contributed by atoms with Crippen molar-refractivity contribution in [3.8, 4) is 0 Å². The first-order valence-corrected chi connectivity index (χ1v) is 7.44. The van der Waals surface area contributed by atoms with E-state index in [0.29, 0.717) is 16.3 Å². The average Bonchev–Trinajstić information content (AvgIpc) is 2.75. The maximum atomic E-state index is 11.9. The largest absolute Gasteiger partial charge is 0.481 e. The van der Waals surface area contributed by atoms with E-state index in [0.717, 1.165) is 12.8 Å². The zero-order chi connectivity index (χ0) is 14.4. The number of amides is 1. The van der Waals surface area contributed by atoms with Gasteiger partial charge in [-0.25, -0.2) is 0 Å². The number of thiophene rings is 1. The van der Waals surface area contributed by atoms with E-state index in [9.17, 15) is 9.59 Å². The molecule has 1 aromatic heterocycles. The van der Waals surface area contributed by atoms with Gasteiger partial charge in [0.25, 0.3) is 5.91 Å². The van der Waals surface area contributed by atoms with E-state index in [1.807, 2.05) is 6.92 Å². The lowest BCUT2D eigenvalue weighted by atomic mass is 10.0. The Kier molecular flexibility index (Phi) is 6.31. The Bertz CT molecular complexity index is 447. The minimum Gasteiger partial charge on any atom is -0.481 e. The monoisotopic (exact) mass is 303 g/mol. The van der Waals surface area contributed by atoms with Crippen LogP contribution in [0, 0.1) is 5.92 Å². The van der Waals surface area contributed by atoms with Gasteiger partial charge in [0.05, 0.1) is 10.9 Å². The van der Waals surface area contributed by atoms with E-state index >= 15 is 0 Å². The molecule has 0 saturated carbocycles. The molecule has 1 amide bonds. The Balaban J connectivity index is 2.32. The summed E-state index contributed by atoms with van der Waals surface area (Å²) in [5.74, 6) is -1.28. The molecule has 6 heteroatoms. The van der Waals surface area contributed by atoms with Crippen LogP contribution in [0.1, 0.15) is 42.8 Å². The third kappa shape index (κ3) is 5.20. The van der Waals surface area contributed by atoms with E-state index in [-0.39, 0.29) is 17.9 Å². The maximum Gasteiger partial charge on any atom is 0.306 e. The highest BCUT2D eigenvalue weighted by Gasteiger charge is 2.15. The van der Waals surface area contributed by atoms with E-state index < -0.39 is 5.97 Å². The second-order valence-electron chi connectivity index (χ2n) is 4.64. The molecule has 0 aliphatic carbocycles. The molecule has 2 atom stereocenters. The predicted octanol–water partition coefficient (Wildman–Crippen LogP) is 3.41. The van der Waals surface area contributed by atoms with E-state index in [1.54, 1.807) is 18.4 Å². The first-order valence-electron chi connectivity index (χ1n) is 6.18. The molecule has 106 valence electrons. The molecule has 0 aliphatic rings. The van der Waals surface area contributed by atoms with Crippen LogP contribution in [0.3, 0.4) is 0 Å². The van der Waals surface area contributed by atoms with Crippen LogP contribution in [0.2, 0.25) is 5.02 Å². The quantitative estimate of drug-likeness (QED) is 0.811. The van der Waals surface area contributed by atoms with Crippen molar-refractivity contribution < 1.29 is 14.7 Å². The summed E-state index contributed by atoms with van der Waals surface area (Å²) in [5.41, 5.74) is 0. The topological polar surface area (TPSA) is 66.4 Å². The SMILES string of the molecule is CC(CCCC(C)C(=O)O)NC(=O)c1sccc1Cl. The molecule has 19 heavy (non-hydrogen) atoms. The summed E-state index contributed by atoms with van der Waals surface area (Å²) < 4.78 is 0. The molecular formula is C13H18ClNO3S. The van der Waals surface area contributed by atoms with Crippen molar-refractivity contribution >= 4 is 34.8 Å². The van der Waals surface area contributed by atoms with Gasteiger partial charge in [0, 0.05) is 6.04 Å². The van der Waals surface area contributed by atoms with E-state index in [2.05, 4.69) is 5.32 Å². The van der Waals surface area contributed by atoms with Gasteiger partial charge in [-0.2, -0.15) is 0 Å². The van der Waals surface area contributed by atoms with E-state index in [4.69, 9.17) is 16.7 Å².